The highest BCUT2D eigenvalue weighted by molar-refractivity contribution is 5.79. The van der Waals surface area contributed by atoms with Gasteiger partial charge in [0.25, 0.3) is 0 Å². The van der Waals surface area contributed by atoms with Gasteiger partial charge in [0.15, 0.2) is 0 Å². The van der Waals surface area contributed by atoms with Crippen LogP contribution in [0.15, 0.2) is 54.6 Å². The number of carbonyl (C=O) groups is 2. The normalized spacial score (nSPS) is 32.5. The Kier molecular flexibility index (Phi) is 6.22. The van der Waals surface area contributed by atoms with E-state index in [2.05, 4.69) is 5.32 Å². The quantitative estimate of drug-likeness (QED) is 0.587. The lowest BCUT2D eigenvalue weighted by Crippen LogP contribution is -2.57. The minimum Gasteiger partial charge on any atom is -0.445 e. The number of hydrogen-bond acceptors (Lipinski definition) is 3. The molecule has 1 aliphatic heterocycles. The van der Waals surface area contributed by atoms with Crippen molar-refractivity contribution in [2.45, 2.75) is 63.0 Å². The summed E-state index contributed by atoms with van der Waals surface area (Å²) in [5.41, 5.74) is 1.89. The number of nitrogens with zero attached hydrogens (tertiary/aromatic N) is 1. The summed E-state index contributed by atoms with van der Waals surface area (Å²) in [4.78, 5) is 28.0. The highest BCUT2D eigenvalue weighted by Gasteiger charge is 2.58. The standard InChI is InChI=1S/C30H35FN2O3/c31-26-8-6-23(7-9-26)30(24-13-21-12-22(15-24)16-25(30)14-21)17-28(34)33-11-10-27(18-33)32-29(35)36-19-20-4-2-1-3-5-20/h1-9,21-22,24-25,27H,10-19H2,(H,32,35). The van der Waals surface area contributed by atoms with Crippen LogP contribution in [-0.2, 0) is 21.6 Å². The van der Waals surface area contributed by atoms with Crippen molar-refractivity contribution in [2.75, 3.05) is 13.1 Å². The fourth-order valence-electron chi connectivity index (χ4n) is 8.05. The highest BCUT2D eigenvalue weighted by Crippen LogP contribution is 2.64. The van der Waals surface area contributed by atoms with Crippen LogP contribution in [0.3, 0.4) is 0 Å². The van der Waals surface area contributed by atoms with Crippen LogP contribution in [0.5, 0.6) is 0 Å². The molecular weight excluding hydrogens is 455 g/mol. The second-order valence-corrected chi connectivity index (χ2v) is 11.6. The molecule has 4 bridgehead atoms. The zero-order chi connectivity index (χ0) is 24.7. The van der Waals surface area contributed by atoms with Crippen LogP contribution in [0.1, 0.15) is 56.1 Å². The van der Waals surface area contributed by atoms with Gasteiger partial charge in [0.2, 0.25) is 5.91 Å². The van der Waals surface area contributed by atoms with E-state index in [0.29, 0.717) is 31.3 Å². The molecule has 2 aromatic carbocycles. The van der Waals surface area contributed by atoms with E-state index < -0.39 is 6.09 Å². The second kappa shape index (κ2) is 9.53. The van der Waals surface area contributed by atoms with E-state index in [9.17, 15) is 14.0 Å². The van der Waals surface area contributed by atoms with Crippen molar-refractivity contribution in [1.82, 2.24) is 10.2 Å². The number of amides is 2. The van der Waals surface area contributed by atoms with Crippen molar-refractivity contribution in [1.29, 1.82) is 0 Å². The summed E-state index contributed by atoms with van der Waals surface area (Å²) in [6, 6.07) is 16.5. The Hall–Kier alpha value is -2.89. The Balaban J connectivity index is 1.12. The molecule has 2 amide bonds. The maximum Gasteiger partial charge on any atom is 0.407 e. The van der Waals surface area contributed by atoms with Gasteiger partial charge in [-0.1, -0.05) is 42.5 Å². The third-order valence-electron chi connectivity index (χ3n) is 9.50. The topological polar surface area (TPSA) is 58.6 Å². The predicted octanol–water partition coefficient (Wildman–Crippen LogP) is 5.44. The maximum atomic E-state index is 13.8. The Morgan fingerprint density at radius 3 is 2.28 bits per heavy atom. The van der Waals surface area contributed by atoms with Gasteiger partial charge in [0.05, 0.1) is 6.04 Å². The largest absolute Gasteiger partial charge is 0.445 e. The molecule has 190 valence electrons. The lowest BCUT2D eigenvalue weighted by atomic mass is 9.43. The molecule has 1 unspecified atom stereocenters. The monoisotopic (exact) mass is 490 g/mol. The summed E-state index contributed by atoms with van der Waals surface area (Å²) in [6.45, 7) is 1.38. The van der Waals surface area contributed by atoms with Crippen molar-refractivity contribution in [3.8, 4) is 0 Å². The molecule has 2 aromatic rings. The summed E-state index contributed by atoms with van der Waals surface area (Å²) in [5.74, 6) is 2.50. The Bertz CT molecular complexity index is 1070. The maximum absolute atomic E-state index is 13.8. The van der Waals surface area contributed by atoms with Crippen LogP contribution < -0.4 is 5.32 Å². The fourth-order valence-corrected chi connectivity index (χ4v) is 8.05. The number of alkyl carbamates (subject to hydrolysis) is 1. The van der Waals surface area contributed by atoms with E-state index in [1.54, 1.807) is 12.1 Å². The molecule has 1 saturated heterocycles. The second-order valence-electron chi connectivity index (χ2n) is 11.6. The van der Waals surface area contributed by atoms with E-state index in [4.69, 9.17) is 4.74 Å². The first-order chi connectivity index (χ1) is 17.5. The van der Waals surface area contributed by atoms with Crippen LogP contribution in [-0.4, -0.2) is 36.0 Å². The van der Waals surface area contributed by atoms with Gasteiger partial charge in [-0.3, -0.25) is 4.79 Å². The van der Waals surface area contributed by atoms with Crippen molar-refractivity contribution in [3.63, 3.8) is 0 Å². The molecule has 7 rings (SSSR count). The SMILES string of the molecule is O=C(NC1CCN(C(=O)CC2(c3ccc(F)cc3)C3CC4CC(C3)CC2C4)C1)OCc1ccccc1. The molecule has 6 heteroatoms. The molecule has 0 spiro atoms. The molecule has 0 radical (unpaired) electrons. The van der Waals surface area contributed by atoms with E-state index in [1.165, 1.54) is 32.1 Å². The van der Waals surface area contributed by atoms with E-state index in [0.717, 1.165) is 29.4 Å². The van der Waals surface area contributed by atoms with Crippen LogP contribution in [0, 0.1) is 29.5 Å². The Morgan fingerprint density at radius 2 is 1.61 bits per heavy atom. The fraction of sp³-hybridized carbons (Fsp3) is 0.533. The number of rotatable bonds is 6. The van der Waals surface area contributed by atoms with E-state index in [1.807, 2.05) is 47.4 Å². The third-order valence-corrected chi connectivity index (χ3v) is 9.50. The van der Waals surface area contributed by atoms with Crippen LogP contribution >= 0.6 is 0 Å². The minimum atomic E-state index is -0.443. The molecular formula is C30H35FN2O3. The molecule has 0 aromatic heterocycles. The molecule has 1 heterocycles. The number of likely N-dealkylation sites (tertiary alicyclic amines) is 1. The summed E-state index contributed by atoms with van der Waals surface area (Å²) in [5, 5.41) is 2.94. The first kappa shape index (κ1) is 23.5. The molecule has 5 nitrogen and oxygen atoms in total. The summed E-state index contributed by atoms with van der Waals surface area (Å²) < 4.78 is 19.2. The molecule has 1 N–H and O–H groups in total. The molecule has 1 atom stereocenters. The van der Waals surface area contributed by atoms with Crippen LogP contribution in [0.25, 0.3) is 0 Å². The van der Waals surface area contributed by atoms with Gasteiger partial charge in [-0.25, -0.2) is 9.18 Å². The van der Waals surface area contributed by atoms with E-state index >= 15 is 0 Å². The minimum absolute atomic E-state index is 0.0995. The molecule has 5 fully saturated rings. The lowest BCUT2D eigenvalue weighted by Gasteiger charge is -2.61. The number of halogens is 1. The van der Waals surface area contributed by atoms with Gasteiger partial charge < -0.3 is 15.0 Å². The van der Waals surface area contributed by atoms with Crippen molar-refractivity contribution in [3.05, 3.63) is 71.5 Å². The number of hydrogen-bond donors (Lipinski definition) is 1. The van der Waals surface area contributed by atoms with Gasteiger partial charge in [-0.05, 0) is 85.5 Å². The lowest BCUT2D eigenvalue weighted by molar-refractivity contribution is -0.138. The number of nitrogens with one attached hydrogen (secondary N) is 1. The number of ether oxygens (including phenoxy) is 1. The zero-order valence-corrected chi connectivity index (χ0v) is 20.7. The first-order valence-corrected chi connectivity index (χ1v) is 13.5. The Labute approximate surface area is 212 Å². The first-order valence-electron chi connectivity index (χ1n) is 13.5. The van der Waals surface area contributed by atoms with Crippen LogP contribution in [0.2, 0.25) is 0 Å². The zero-order valence-electron chi connectivity index (χ0n) is 20.7. The number of carbonyl (C=O) groups excluding carboxylic acids is 2. The van der Waals surface area contributed by atoms with Gasteiger partial charge in [0.1, 0.15) is 12.4 Å². The molecule has 4 saturated carbocycles. The van der Waals surface area contributed by atoms with Gasteiger partial charge in [-0.15, -0.1) is 0 Å². The van der Waals surface area contributed by atoms with E-state index in [-0.39, 0.29) is 29.8 Å². The van der Waals surface area contributed by atoms with Crippen LogP contribution in [0.4, 0.5) is 9.18 Å². The Morgan fingerprint density at radius 1 is 0.944 bits per heavy atom. The third kappa shape index (κ3) is 4.39. The van der Waals surface area contributed by atoms with Crippen molar-refractivity contribution in [2.24, 2.45) is 23.7 Å². The summed E-state index contributed by atoms with van der Waals surface area (Å²) in [6.07, 6.45) is 6.88. The predicted molar refractivity (Wildman–Crippen MR) is 134 cm³/mol. The van der Waals surface area contributed by atoms with Crippen molar-refractivity contribution < 1.29 is 18.7 Å². The average molecular weight is 491 g/mol. The smallest absolute Gasteiger partial charge is 0.407 e. The average Bonchev–Trinajstić information content (AvgIpc) is 3.34. The van der Waals surface area contributed by atoms with Crippen molar-refractivity contribution >= 4 is 12.0 Å². The molecule has 4 aliphatic carbocycles. The highest BCUT2D eigenvalue weighted by atomic mass is 19.1. The van der Waals surface area contributed by atoms with Gasteiger partial charge in [0, 0.05) is 24.9 Å². The van der Waals surface area contributed by atoms with Gasteiger partial charge >= 0.3 is 6.09 Å². The number of benzene rings is 2. The molecule has 36 heavy (non-hydrogen) atoms. The summed E-state index contributed by atoms with van der Waals surface area (Å²) >= 11 is 0. The molecule has 5 aliphatic rings. The van der Waals surface area contributed by atoms with Gasteiger partial charge in [-0.2, -0.15) is 0 Å². The summed E-state index contributed by atoms with van der Waals surface area (Å²) in [7, 11) is 0.